The number of amides is 2. The summed E-state index contributed by atoms with van der Waals surface area (Å²) in [6.45, 7) is 2.19. The van der Waals surface area contributed by atoms with Crippen LogP contribution in [0.4, 0.5) is 16.2 Å². The first-order valence-electron chi connectivity index (χ1n) is 9.47. The number of nitrogens with one attached hydrogen (secondary N) is 1. The number of carbonyl (C=O) groups is 2. The van der Waals surface area contributed by atoms with Crippen LogP contribution in [0.25, 0.3) is 0 Å². The molecule has 0 saturated carbocycles. The minimum Gasteiger partial charge on any atom is -0.494 e. The zero-order valence-corrected chi connectivity index (χ0v) is 16.8. The lowest BCUT2D eigenvalue weighted by atomic mass is 9.97. The summed E-state index contributed by atoms with van der Waals surface area (Å²) in [5.41, 5.74) is -0.116. The predicted octanol–water partition coefficient (Wildman–Crippen LogP) is 3.73. The van der Waals surface area contributed by atoms with E-state index in [1.165, 1.54) is 30.2 Å². The van der Waals surface area contributed by atoms with Crippen molar-refractivity contribution >= 4 is 23.4 Å². The number of methoxy groups -OCH3 is 1. The highest BCUT2D eigenvalue weighted by molar-refractivity contribution is 6.01. The Balaban J connectivity index is 1.72. The second-order valence-corrected chi connectivity index (χ2v) is 7.17. The van der Waals surface area contributed by atoms with Gasteiger partial charge < -0.3 is 14.8 Å². The molecule has 0 radical (unpaired) electrons. The number of nitro groups is 1. The fourth-order valence-electron chi connectivity index (χ4n) is 3.44. The SMILES string of the molecule is COc1cc([N+](=O)[O-])ccc1NC(=O)C1(C)CCCN1C(=O)OCc1ccccc1. The maximum Gasteiger partial charge on any atom is 0.410 e. The van der Waals surface area contributed by atoms with Crippen LogP contribution in [-0.2, 0) is 16.1 Å². The number of non-ortho nitro benzene ring substituents is 1. The Morgan fingerprint density at radius 1 is 1.23 bits per heavy atom. The number of nitrogens with zero attached hydrogens (tertiary/aromatic N) is 2. The number of nitro benzene ring substituents is 1. The molecule has 1 atom stereocenters. The van der Waals surface area contributed by atoms with Crippen LogP contribution in [0.2, 0.25) is 0 Å². The molecular formula is C21H23N3O6. The van der Waals surface area contributed by atoms with Crippen molar-refractivity contribution in [1.82, 2.24) is 4.90 Å². The Labute approximate surface area is 173 Å². The number of benzene rings is 2. The van der Waals surface area contributed by atoms with Crippen LogP contribution in [0.5, 0.6) is 5.75 Å². The van der Waals surface area contributed by atoms with E-state index in [0.29, 0.717) is 25.1 Å². The summed E-state index contributed by atoms with van der Waals surface area (Å²) in [5, 5.41) is 13.7. The van der Waals surface area contributed by atoms with Gasteiger partial charge in [0.05, 0.1) is 23.8 Å². The molecule has 30 heavy (non-hydrogen) atoms. The average molecular weight is 413 g/mol. The van der Waals surface area contributed by atoms with Crippen molar-refractivity contribution in [3.05, 3.63) is 64.2 Å². The van der Waals surface area contributed by atoms with E-state index in [0.717, 1.165) is 5.56 Å². The van der Waals surface area contributed by atoms with Crippen molar-refractivity contribution < 1.29 is 24.0 Å². The van der Waals surface area contributed by atoms with Crippen molar-refractivity contribution in [3.63, 3.8) is 0 Å². The summed E-state index contributed by atoms with van der Waals surface area (Å²) in [7, 11) is 1.36. The van der Waals surface area contributed by atoms with Crippen molar-refractivity contribution in [2.45, 2.75) is 31.9 Å². The van der Waals surface area contributed by atoms with Gasteiger partial charge in [0.15, 0.2) is 0 Å². The molecule has 0 aromatic heterocycles. The number of ether oxygens (including phenoxy) is 2. The fraction of sp³-hybridized carbons (Fsp3) is 0.333. The van der Waals surface area contributed by atoms with E-state index < -0.39 is 22.5 Å². The first kappa shape index (κ1) is 21.1. The van der Waals surface area contributed by atoms with Gasteiger partial charge in [0.25, 0.3) is 5.69 Å². The minimum atomic E-state index is -1.11. The summed E-state index contributed by atoms with van der Waals surface area (Å²) in [6.07, 6.45) is 0.556. The van der Waals surface area contributed by atoms with Gasteiger partial charge in [-0.2, -0.15) is 0 Å². The Morgan fingerprint density at radius 2 is 1.97 bits per heavy atom. The molecule has 0 aliphatic carbocycles. The smallest absolute Gasteiger partial charge is 0.410 e. The standard InChI is InChI=1S/C21H23N3O6/c1-21(19(25)22-17-10-9-16(24(27)28)13-18(17)29-2)11-6-12-23(21)20(26)30-14-15-7-4-3-5-8-15/h3-5,7-10,13H,6,11-12,14H2,1-2H3,(H,22,25). The average Bonchev–Trinajstić information content (AvgIpc) is 3.16. The first-order valence-corrected chi connectivity index (χ1v) is 9.47. The van der Waals surface area contributed by atoms with Gasteiger partial charge in [-0.1, -0.05) is 30.3 Å². The second kappa shape index (κ2) is 8.81. The summed E-state index contributed by atoms with van der Waals surface area (Å²) in [5.74, 6) is -0.249. The topological polar surface area (TPSA) is 111 Å². The molecule has 2 aromatic carbocycles. The zero-order valence-electron chi connectivity index (χ0n) is 16.8. The van der Waals surface area contributed by atoms with E-state index in [2.05, 4.69) is 5.32 Å². The highest BCUT2D eigenvalue weighted by atomic mass is 16.6. The molecule has 1 N–H and O–H groups in total. The highest BCUT2D eigenvalue weighted by Crippen LogP contribution is 2.34. The highest BCUT2D eigenvalue weighted by Gasteiger charge is 2.46. The number of hydrogen-bond donors (Lipinski definition) is 1. The largest absolute Gasteiger partial charge is 0.494 e. The quantitative estimate of drug-likeness (QED) is 0.571. The van der Waals surface area contributed by atoms with Crippen molar-refractivity contribution in [1.29, 1.82) is 0 Å². The molecule has 1 fully saturated rings. The summed E-state index contributed by atoms with van der Waals surface area (Å²) >= 11 is 0. The third kappa shape index (κ3) is 4.35. The summed E-state index contributed by atoms with van der Waals surface area (Å²) in [4.78, 5) is 37.5. The number of hydrogen-bond acceptors (Lipinski definition) is 6. The lowest BCUT2D eigenvalue weighted by Crippen LogP contribution is -2.53. The Morgan fingerprint density at radius 3 is 2.63 bits per heavy atom. The Kier molecular flexibility index (Phi) is 6.20. The van der Waals surface area contributed by atoms with E-state index in [1.54, 1.807) is 6.92 Å². The molecule has 0 bridgehead atoms. The predicted molar refractivity (Wildman–Crippen MR) is 109 cm³/mol. The molecule has 1 heterocycles. The van der Waals surface area contributed by atoms with Crippen molar-refractivity contribution in [2.75, 3.05) is 19.0 Å². The van der Waals surface area contributed by atoms with Crippen LogP contribution in [0.1, 0.15) is 25.3 Å². The van der Waals surface area contributed by atoms with Crippen molar-refractivity contribution in [2.24, 2.45) is 0 Å². The third-order valence-corrected chi connectivity index (χ3v) is 5.20. The molecular weight excluding hydrogens is 390 g/mol. The van der Waals surface area contributed by atoms with E-state index in [9.17, 15) is 19.7 Å². The summed E-state index contributed by atoms with van der Waals surface area (Å²) < 4.78 is 10.6. The van der Waals surface area contributed by atoms with E-state index in [-0.39, 0.29) is 18.0 Å². The molecule has 1 saturated heterocycles. The molecule has 158 valence electrons. The van der Waals surface area contributed by atoms with Gasteiger partial charge in [-0.3, -0.25) is 19.8 Å². The molecule has 1 unspecified atom stereocenters. The molecule has 9 nitrogen and oxygen atoms in total. The maximum atomic E-state index is 13.1. The monoisotopic (exact) mass is 413 g/mol. The van der Waals surface area contributed by atoms with Gasteiger partial charge in [0, 0.05) is 12.6 Å². The molecule has 1 aliphatic rings. The van der Waals surface area contributed by atoms with Gasteiger partial charge in [0.1, 0.15) is 17.9 Å². The minimum absolute atomic E-state index is 0.115. The fourth-order valence-corrected chi connectivity index (χ4v) is 3.44. The van der Waals surface area contributed by atoms with Crippen molar-refractivity contribution in [3.8, 4) is 5.75 Å². The lowest BCUT2D eigenvalue weighted by molar-refractivity contribution is -0.384. The third-order valence-electron chi connectivity index (χ3n) is 5.20. The Hall–Kier alpha value is -3.62. The molecule has 1 aliphatic heterocycles. The number of carbonyl (C=O) groups excluding carboxylic acids is 2. The normalized spacial score (nSPS) is 18.0. The van der Waals surface area contributed by atoms with E-state index in [1.807, 2.05) is 30.3 Å². The zero-order chi connectivity index (χ0) is 21.7. The van der Waals surface area contributed by atoms with Gasteiger partial charge >= 0.3 is 6.09 Å². The van der Waals surface area contributed by atoms with Crippen LogP contribution in [0, 0.1) is 10.1 Å². The number of rotatable bonds is 6. The molecule has 2 aromatic rings. The van der Waals surface area contributed by atoms with Gasteiger partial charge in [0.2, 0.25) is 5.91 Å². The van der Waals surface area contributed by atoms with Crippen LogP contribution >= 0.6 is 0 Å². The van der Waals surface area contributed by atoms with E-state index >= 15 is 0 Å². The first-order chi connectivity index (χ1) is 14.3. The summed E-state index contributed by atoms with van der Waals surface area (Å²) in [6, 6.07) is 13.2. The maximum absolute atomic E-state index is 13.1. The number of anilines is 1. The van der Waals surface area contributed by atoms with Crippen LogP contribution in [0.15, 0.2) is 48.5 Å². The van der Waals surface area contributed by atoms with Gasteiger partial charge in [-0.25, -0.2) is 4.79 Å². The number of likely N-dealkylation sites (tertiary alicyclic amines) is 1. The Bertz CT molecular complexity index is 949. The molecule has 3 rings (SSSR count). The molecule has 0 spiro atoms. The van der Waals surface area contributed by atoms with Crippen LogP contribution in [-0.4, -0.2) is 41.0 Å². The molecule has 2 amide bonds. The van der Waals surface area contributed by atoms with Gasteiger partial charge in [-0.05, 0) is 31.4 Å². The van der Waals surface area contributed by atoms with Crippen LogP contribution < -0.4 is 10.1 Å². The molecule has 9 heteroatoms. The lowest BCUT2D eigenvalue weighted by Gasteiger charge is -2.33. The van der Waals surface area contributed by atoms with E-state index in [4.69, 9.17) is 9.47 Å². The second-order valence-electron chi connectivity index (χ2n) is 7.17. The van der Waals surface area contributed by atoms with Crippen LogP contribution in [0.3, 0.4) is 0 Å². The van der Waals surface area contributed by atoms with Gasteiger partial charge in [-0.15, -0.1) is 0 Å².